The number of sulfonamides is 1. The van der Waals surface area contributed by atoms with E-state index >= 15 is 0 Å². The molecule has 1 N–H and O–H groups in total. The van der Waals surface area contributed by atoms with Gasteiger partial charge in [0.25, 0.3) is 10.0 Å². The second kappa shape index (κ2) is 13.0. The molecule has 42 heavy (non-hydrogen) atoms. The number of nitrogens with zero attached hydrogens (tertiary/aromatic N) is 2. The van der Waals surface area contributed by atoms with Crippen LogP contribution in [0.2, 0.25) is 0 Å². The lowest BCUT2D eigenvalue weighted by Gasteiger charge is -2.32. The summed E-state index contributed by atoms with van der Waals surface area (Å²) in [7, 11) is -4.47. The van der Waals surface area contributed by atoms with Crippen molar-refractivity contribution in [3.63, 3.8) is 0 Å². The largest absolute Gasteiger partial charge is 0.416 e. The minimum Gasteiger partial charge on any atom is -0.352 e. The Morgan fingerprint density at radius 1 is 0.952 bits per heavy atom. The molecule has 0 bridgehead atoms. The highest BCUT2D eigenvalue weighted by atomic mass is 32.2. The molecular weight excluding hydrogens is 567 g/mol. The van der Waals surface area contributed by atoms with Gasteiger partial charge >= 0.3 is 6.18 Å². The quantitative estimate of drug-likeness (QED) is 0.324. The Bertz CT molecular complexity index is 1490. The van der Waals surface area contributed by atoms with Crippen molar-refractivity contribution in [2.24, 2.45) is 0 Å². The molecule has 0 unspecified atom stereocenters. The average Bonchev–Trinajstić information content (AvgIpc) is 3.48. The third-order valence-corrected chi connectivity index (χ3v) is 9.20. The van der Waals surface area contributed by atoms with Gasteiger partial charge in [0.05, 0.1) is 16.1 Å². The highest BCUT2D eigenvalue weighted by Gasteiger charge is 2.35. The number of hydrogen-bond acceptors (Lipinski definition) is 4. The zero-order valence-electron chi connectivity index (χ0n) is 23.5. The molecule has 11 heteroatoms. The van der Waals surface area contributed by atoms with Crippen LogP contribution in [0.25, 0.3) is 0 Å². The SMILES string of the molecule is Cc1ccc(CN(C(=O)CN(c2cccc(C(F)(F)F)c2)S(=O)(=O)c2ccccc2)[C@H](C)C(=O)NC2CCCC2)cc1. The molecule has 3 aromatic rings. The molecule has 1 atom stereocenters. The van der Waals surface area contributed by atoms with Crippen molar-refractivity contribution in [3.8, 4) is 0 Å². The van der Waals surface area contributed by atoms with Crippen LogP contribution in [-0.2, 0) is 32.3 Å². The van der Waals surface area contributed by atoms with Crippen LogP contribution in [0.3, 0.4) is 0 Å². The second-order valence-electron chi connectivity index (χ2n) is 10.5. The molecule has 0 heterocycles. The zero-order valence-corrected chi connectivity index (χ0v) is 24.3. The van der Waals surface area contributed by atoms with Crippen molar-refractivity contribution in [1.82, 2.24) is 10.2 Å². The molecule has 1 saturated carbocycles. The fraction of sp³-hybridized carbons (Fsp3) is 0.355. The molecule has 0 radical (unpaired) electrons. The maximum absolute atomic E-state index is 14.0. The number of halogens is 3. The van der Waals surface area contributed by atoms with E-state index in [0.717, 1.165) is 43.4 Å². The number of rotatable bonds is 10. The first-order chi connectivity index (χ1) is 19.9. The van der Waals surface area contributed by atoms with E-state index in [9.17, 15) is 31.2 Å². The van der Waals surface area contributed by atoms with E-state index in [1.165, 1.54) is 35.2 Å². The van der Waals surface area contributed by atoms with Gasteiger partial charge in [-0.05, 0) is 62.6 Å². The number of benzene rings is 3. The van der Waals surface area contributed by atoms with Crippen LogP contribution in [0, 0.1) is 6.92 Å². The Balaban J connectivity index is 1.72. The first-order valence-corrected chi connectivity index (χ1v) is 15.2. The Kier molecular flexibility index (Phi) is 9.60. The lowest BCUT2D eigenvalue weighted by atomic mass is 10.1. The number of amides is 2. The predicted molar refractivity (Wildman–Crippen MR) is 154 cm³/mol. The van der Waals surface area contributed by atoms with E-state index in [1.54, 1.807) is 13.0 Å². The number of anilines is 1. The number of alkyl halides is 3. The summed E-state index contributed by atoms with van der Waals surface area (Å²) in [6.07, 6.45) is -1.07. The summed E-state index contributed by atoms with van der Waals surface area (Å²) < 4.78 is 69.0. The summed E-state index contributed by atoms with van der Waals surface area (Å²) >= 11 is 0. The standard InChI is InChI=1S/C31H34F3N3O4S/c1-22-15-17-24(18-16-22)20-36(23(2)30(39)35-26-10-6-7-11-26)29(38)21-37(42(40,41)28-13-4-3-5-14-28)27-12-8-9-25(19-27)31(32,33)34/h3-5,8-9,12-19,23,26H,6-7,10-11,20-21H2,1-2H3,(H,35,39)/t23-/m1/s1. The Labute approximate surface area is 244 Å². The predicted octanol–water partition coefficient (Wildman–Crippen LogP) is 5.69. The van der Waals surface area contributed by atoms with Crippen molar-refractivity contribution < 1.29 is 31.2 Å². The van der Waals surface area contributed by atoms with Crippen molar-refractivity contribution in [2.45, 2.75) is 69.2 Å². The molecule has 7 nitrogen and oxygen atoms in total. The van der Waals surface area contributed by atoms with Gasteiger partial charge in [0.1, 0.15) is 12.6 Å². The minimum absolute atomic E-state index is 0.000181. The normalized spacial score (nSPS) is 14.8. The van der Waals surface area contributed by atoms with Crippen molar-refractivity contribution in [2.75, 3.05) is 10.8 Å². The van der Waals surface area contributed by atoms with E-state index in [4.69, 9.17) is 0 Å². The summed E-state index contributed by atoms with van der Waals surface area (Å²) in [5, 5.41) is 2.98. The van der Waals surface area contributed by atoms with Gasteiger partial charge in [-0.2, -0.15) is 13.2 Å². The molecule has 0 aromatic heterocycles. The molecular formula is C31H34F3N3O4S. The van der Waals surface area contributed by atoms with Crippen LogP contribution in [-0.4, -0.2) is 43.8 Å². The fourth-order valence-electron chi connectivity index (χ4n) is 4.95. The first kappa shape index (κ1) is 31.1. The molecule has 1 fully saturated rings. The van der Waals surface area contributed by atoms with Crippen LogP contribution in [0.5, 0.6) is 0 Å². The van der Waals surface area contributed by atoms with Gasteiger partial charge in [0.2, 0.25) is 11.8 Å². The minimum atomic E-state index is -4.73. The fourth-order valence-corrected chi connectivity index (χ4v) is 6.38. The topological polar surface area (TPSA) is 86.8 Å². The third-order valence-electron chi connectivity index (χ3n) is 7.41. The lowest BCUT2D eigenvalue weighted by Crippen LogP contribution is -2.52. The smallest absolute Gasteiger partial charge is 0.352 e. The summed E-state index contributed by atoms with van der Waals surface area (Å²) in [6, 6.07) is 17.4. The van der Waals surface area contributed by atoms with E-state index < -0.39 is 40.3 Å². The summed E-state index contributed by atoms with van der Waals surface area (Å²) in [5.74, 6) is -1.11. The molecule has 224 valence electrons. The molecule has 0 saturated heterocycles. The van der Waals surface area contributed by atoms with Crippen LogP contribution in [0.1, 0.15) is 49.3 Å². The van der Waals surface area contributed by atoms with Gasteiger partial charge in [-0.15, -0.1) is 0 Å². The van der Waals surface area contributed by atoms with E-state index in [-0.39, 0.29) is 29.1 Å². The molecule has 2 amide bonds. The van der Waals surface area contributed by atoms with Gasteiger partial charge in [-0.3, -0.25) is 13.9 Å². The molecule has 3 aromatic carbocycles. The molecule has 1 aliphatic carbocycles. The van der Waals surface area contributed by atoms with Crippen molar-refractivity contribution in [3.05, 3.63) is 95.6 Å². The first-order valence-electron chi connectivity index (χ1n) is 13.8. The summed E-state index contributed by atoms with van der Waals surface area (Å²) in [4.78, 5) is 28.3. The van der Waals surface area contributed by atoms with Crippen LogP contribution < -0.4 is 9.62 Å². The Morgan fingerprint density at radius 3 is 2.21 bits per heavy atom. The molecule has 4 rings (SSSR count). The van der Waals surface area contributed by atoms with Crippen LogP contribution >= 0.6 is 0 Å². The van der Waals surface area contributed by atoms with E-state index in [1.807, 2.05) is 31.2 Å². The van der Waals surface area contributed by atoms with Gasteiger partial charge < -0.3 is 10.2 Å². The Morgan fingerprint density at radius 2 is 1.60 bits per heavy atom. The van der Waals surface area contributed by atoms with E-state index in [0.29, 0.717) is 15.9 Å². The maximum atomic E-state index is 14.0. The lowest BCUT2D eigenvalue weighted by molar-refractivity contribution is -0.139. The highest BCUT2D eigenvalue weighted by Crippen LogP contribution is 2.33. The molecule has 0 aliphatic heterocycles. The zero-order chi connectivity index (χ0) is 30.5. The second-order valence-corrected chi connectivity index (χ2v) is 12.4. The molecule has 1 aliphatic rings. The van der Waals surface area contributed by atoms with Crippen molar-refractivity contribution >= 4 is 27.5 Å². The number of carbonyl (C=O) groups is 2. The van der Waals surface area contributed by atoms with Gasteiger partial charge in [-0.25, -0.2) is 8.42 Å². The van der Waals surface area contributed by atoms with Crippen LogP contribution in [0.15, 0.2) is 83.8 Å². The number of aryl methyl sites for hydroxylation is 1. The van der Waals surface area contributed by atoms with Gasteiger partial charge in [0, 0.05) is 12.6 Å². The summed E-state index contributed by atoms with van der Waals surface area (Å²) in [5.41, 5.74) is 0.334. The maximum Gasteiger partial charge on any atom is 0.416 e. The monoisotopic (exact) mass is 601 g/mol. The van der Waals surface area contributed by atoms with Gasteiger partial charge in [0.15, 0.2) is 0 Å². The third kappa shape index (κ3) is 7.50. The van der Waals surface area contributed by atoms with Crippen molar-refractivity contribution in [1.29, 1.82) is 0 Å². The number of hydrogen-bond donors (Lipinski definition) is 1. The van der Waals surface area contributed by atoms with E-state index in [2.05, 4.69) is 5.32 Å². The number of carbonyl (C=O) groups excluding carboxylic acids is 2. The average molecular weight is 602 g/mol. The Hall–Kier alpha value is -3.86. The van der Waals surface area contributed by atoms with Gasteiger partial charge in [-0.1, -0.05) is 66.9 Å². The van der Waals surface area contributed by atoms with Crippen LogP contribution in [0.4, 0.5) is 18.9 Å². The molecule has 0 spiro atoms. The summed E-state index contributed by atoms with van der Waals surface area (Å²) in [6.45, 7) is 2.66. The number of nitrogens with one attached hydrogen (secondary N) is 1. The highest BCUT2D eigenvalue weighted by molar-refractivity contribution is 7.92.